The fourth-order valence-corrected chi connectivity index (χ4v) is 2.17. The summed E-state index contributed by atoms with van der Waals surface area (Å²) in [5, 5.41) is 2.73. The normalized spacial score (nSPS) is 36.0. The van der Waals surface area contributed by atoms with Gasteiger partial charge in [0.2, 0.25) is 0 Å². The van der Waals surface area contributed by atoms with Crippen LogP contribution < -0.4 is 11.1 Å². The maximum Gasteiger partial charge on any atom is 0.406 e. The molecule has 0 amide bonds. The first kappa shape index (κ1) is 10.2. The SMILES string of the molecule is NC1CCC(NC2(C(F)(F)F)CC2)C1. The summed E-state index contributed by atoms with van der Waals surface area (Å²) >= 11 is 0. The number of nitrogens with one attached hydrogen (secondary N) is 1. The number of nitrogens with two attached hydrogens (primary N) is 1. The van der Waals surface area contributed by atoms with E-state index in [4.69, 9.17) is 5.73 Å². The molecule has 3 N–H and O–H groups in total. The fraction of sp³-hybridized carbons (Fsp3) is 1.00. The Kier molecular flexibility index (Phi) is 2.27. The summed E-state index contributed by atoms with van der Waals surface area (Å²) < 4.78 is 37.7. The Hall–Kier alpha value is -0.290. The fourth-order valence-electron chi connectivity index (χ4n) is 2.17. The van der Waals surface area contributed by atoms with Gasteiger partial charge in [0.1, 0.15) is 5.54 Å². The maximum atomic E-state index is 12.6. The molecule has 2 nitrogen and oxygen atoms in total. The molecule has 2 aliphatic rings. The minimum absolute atomic E-state index is 0.0332. The highest BCUT2D eigenvalue weighted by Crippen LogP contribution is 2.49. The Balaban J connectivity index is 1.92. The van der Waals surface area contributed by atoms with Crippen LogP contribution >= 0.6 is 0 Å². The standard InChI is InChI=1S/C9H15F3N2/c10-9(11,12)8(3-4-8)14-7-2-1-6(13)5-7/h6-7,14H,1-5,13H2. The van der Waals surface area contributed by atoms with E-state index in [1.807, 2.05) is 0 Å². The summed E-state index contributed by atoms with van der Waals surface area (Å²) in [5.74, 6) is 0. The Morgan fingerprint density at radius 2 is 1.86 bits per heavy atom. The predicted molar refractivity (Wildman–Crippen MR) is 46.8 cm³/mol. The van der Waals surface area contributed by atoms with E-state index < -0.39 is 11.7 Å². The molecule has 0 spiro atoms. The number of hydrogen-bond donors (Lipinski definition) is 2. The predicted octanol–water partition coefficient (Wildman–Crippen LogP) is 1.55. The van der Waals surface area contributed by atoms with Crippen LogP contribution in [0.2, 0.25) is 0 Å². The molecule has 82 valence electrons. The van der Waals surface area contributed by atoms with Crippen molar-refractivity contribution in [2.45, 2.75) is 55.9 Å². The quantitative estimate of drug-likeness (QED) is 0.722. The summed E-state index contributed by atoms with van der Waals surface area (Å²) in [7, 11) is 0. The zero-order chi connectivity index (χ0) is 10.4. The Labute approximate surface area is 81.0 Å². The minimum Gasteiger partial charge on any atom is -0.328 e. The van der Waals surface area contributed by atoms with Gasteiger partial charge in [0.25, 0.3) is 0 Å². The van der Waals surface area contributed by atoms with Gasteiger partial charge in [-0.2, -0.15) is 13.2 Å². The lowest BCUT2D eigenvalue weighted by atomic mass is 10.1. The molecular formula is C9H15F3N2. The lowest BCUT2D eigenvalue weighted by Crippen LogP contribution is -2.49. The van der Waals surface area contributed by atoms with E-state index in [1.54, 1.807) is 0 Å². The molecular weight excluding hydrogens is 193 g/mol. The first-order valence-corrected chi connectivity index (χ1v) is 5.03. The molecule has 2 unspecified atom stereocenters. The first-order valence-electron chi connectivity index (χ1n) is 5.03. The van der Waals surface area contributed by atoms with Gasteiger partial charge in [0, 0.05) is 12.1 Å². The third-order valence-corrected chi connectivity index (χ3v) is 3.25. The lowest BCUT2D eigenvalue weighted by Gasteiger charge is -2.24. The van der Waals surface area contributed by atoms with E-state index in [9.17, 15) is 13.2 Å². The Morgan fingerprint density at radius 1 is 1.21 bits per heavy atom. The summed E-state index contributed by atoms with van der Waals surface area (Å²) in [6, 6.07) is 0.0469. The van der Waals surface area contributed by atoms with Crippen molar-refractivity contribution >= 4 is 0 Å². The van der Waals surface area contributed by atoms with Crippen molar-refractivity contribution < 1.29 is 13.2 Å². The van der Waals surface area contributed by atoms with Gasteiger partial charge >= 0.3 is 6.18 Å². The van der Waals surface area contributed by atoms with Crippen molar-refractivity contribution in [3.8, 4) is 0 Å². The van der Waals surface area contributed by atoms with Gasteiger partial charge in [-0.25, -0.2) is 0 Å². The van der Waals surface area contributed by atoms with Crippen molar-refractivity contribution in [2.75, 3.05) is 0 Å². The largest absolute Gasteiger partial charge is 0.406 e. The van der Waals surface area contributed by atoms with E-state index >= 15 is 0 Å². The molecule has 0 heterocycles. The second-order valence-corrected chi connectivity index (χ2v) is 4.49. The summed E-state index contributed by atoms with van der Waals surface area (Å²) in [4.78, 5) is 0. The van der Waals surface area contributed by atoms with Crippen LogP contribution in [-0.4, -0.2) is 23.8 Å². The molecule has 0 radical (unpaired) electrons. The maximum absolute atomic E-state index is 12.6. The van der Waals surface area contributed by atoms with Crippen LogP contribution in [0.1, 0.15) is 32.1 Å². The highest BCUT2D eigenvalue weighted by Gasteiger charge is 2.63. The van der Waals surface area contributed by atoms with Crippen molar-refractivity contribution in [3.05, 3.63) is 0 Å². The molecule has 0 saturated heterocycles. The van der Waals surface area contributed by atoms with Crippen LogP contribution in [-0.2, 0) is 0 Å². The van der Waals surface area contributed by atoms with E-state index in [-0.39, 0.29) is 24.9 Å². The molecule has 0 aromatic carbocycles. The topological polar surface area (TPSA) is 38.0 Å². The minimum atomic E-state index is -4.10. The number of alkyl halides is 3. The van der Waals surface area contributed by atoms with Crippen LogP contribution in [0.3, 0.4) is 0 Å². The van der Waals surface area contributed by atoms with Crippen LogP contribution in [0.5, 0.6) is 0 Å². The van der Waals surface area contributed by atoms with E-state index in [1.165, 1.54) is 0 Å². The molecule has 2 saturated carbocycles. The second kappa shape index (κ2) is 3.10. The van der Waals surface area contributed by atoms with Crippen molar-refractivity contribution in [3.63, 3.8) is 0 Å². The van der Waals surface area contributed by atoms with Gasteiger partial charge in [-0.1, -0.05) is 0 Å². The van der Waals surface area contributed by atoms with Crippen LogP contribution in [0.25, 0.3) is 0 Å². The van der Waals surface area contributed by atoms with E-state index in [2.05, 4.69) is 5.32 Å². The van der Waals surface area contributed by atoms with Crippen molar-refractivity contribution in [2.24, 2.45) is 5.73 Å². The van der Waals surface area contributed by atoms with Gasteiger partial charge in [0.05, 0.1) is 0 Å². The van der Waals surface area contributed by atoms with Crippen LogP contribution in [0, 0.1) is 0 Å². The molecule has 0 bridgehead atoms. The lowest BCUT2D eigenvalue weighted by molar-refractivity contribution is -0.167. The summed E-state index contributed by atoms with van der Waals surface area (Å²) in [6.45, 7) is 0. The van der Waals surface area contributed by atoms with Gasteiger partial charge in [0.15, 0.2) is 0 Å². The molecule has 2 rings (SSSR count). The molecule has 0 aromatic rings. The highest BCUT2D eigenvalue weighted by molar-refractivity contribution is 5.09. The van der Waals surface area contributed by atoms with Crippen LogP contribution in [0.15, 0.2) is 0 Å². The van der Waals surface area contributed by atoms with Gasteiger partial charge < -0.3 is 11.1 Å². The van der Waals surface area contributed by atoms with E-state index in [0.29, 0.717) is 6.42 Å². The Bertz CT molecular complexity index is 223. The third kappa shape index (κ3) is 1.75. The monoisotopic (exact) mass is 208 g/mol. The molecule has 2 atom stereocenters. The number of hydrogen-bond acceptors (Lipinski definition) is 2. The average molecular weight is 208 g/mol. The van der Waals surface area contributed by atoms with Gasteiger partial charge in [-0.3, -0.25) is 0 Å². The first-order chi connectivity index (χ1) is 6.43. The molecule has 2 aliphatic carbocycles. The van der Waals surface area contributed by atoms with Crippen molar-refractivity contribution in [1.82, 2.24) is 5.32 Å². The molecule has 5 heteroatoms. The highest BCUT2D eigenvalue weighted by atomic mass is 19.4. The van der Waals surface area contributed by atoms with E-state index in [0.717, 1.165) is 12.8 Å². The average Bonchev–Trinajstić information content (AvgIpc) is 2.71. The zero-order valence-corrected chi connectivity index (χ0v) is 7.90. The molecule has 2 fully saturated rings. The molecule has 0 aromatic heterocycles. The smallest absolute Gasteiger partial charge is 0.328 e. The summed E-state index contributed by atoms with van der Waals surface area (Å²) in [5.41, 5.74) is 4.08. The molecule has 14 heavy (non-hydrogen) atoms. The summed E-state index contributed by atoms with van der Waals surface area (Å²) in [6.07, 6.45) is -1.35. The Morgan fingerprint density at radius 3 is 2.21 bits per heavy atom. The van der Waals surface area contributed by atoms with Crippen LogP contribution in [0.4, 0.5) is 13.2 Å². The zero-order valence-electron chi connectivity index (χ0n) is 7.90. The molecule has 0 aliphatic heterocycles. The van der Waals surface area contributed by atoms with Crippen molar-refractivity contribution in [1.29, 1.82) is 0 Å². The van der Waals surface area contributed by atoms with Gasteiger partial charge in [-0.05, 0) is 32.1 Å². The number of rotatable bonds is 2. The van der Waals surface area contributed by atoms with Gasteiger partial charge in [-0.15, -0.1) is 0 Å². The number of halogens is 3. The third-order valence-electron chi connectivity index (χ3n) is 3.25. The second-order valence-electron chi connectivity index (χ2n) is 4.49.